The van der Waals surface area contributed by atoms with Crippen molar-refractivity contribution in [2.24, 2.45) is 11.7 Å². The van der Waals surface area contributed by atoms with Crippen LogP contribution in [0.5, 0.6) is 5.75 Å². The van der Waals surface area contributed by atoms with E-state index in [0.717, 1.165) is 23.8 Å². The Morgan fingerprint density at radius 1 is 1.33 bits per heavy atom. The molecule has 100 valence electrons. The third-order valence-electron chi connectivity index (χ3n) is 3.60. The van der Waals surface area contributed by atoms with Crippen molar-refractivity contribution < 1.29 is 9.84 Å². The Balaban J connectivity index is 1.86. The molecule has 0 unspecified atom stereocenters. The van der Waals surface area contributed by atoms with Crippen molar-refractivity contribution in [3.8, 4) is 5.75 Å². The normalized spacial score (nSPS) is 17.9. The van der Waals surface area contributed by atoms with Crippen LogP contribution in [0.4, 0.5) is 0 Å². The maximum Gasteiger partial charge on any atom is 0.119 e. The maximum atomic E-state index is 9.54. The molecule has 0 saturated heterocycles. The SMILES string of the molecule is NC[C@@H](O)Cc1cccc(OCC2CCCC2)c1. The Morgan fingerprint density at radius 3 is 2.83 bits per heavy atom. The van der Waals surface area contributed by atoms with E-state index in [0.29, 0.717) is 13.0 Å². The lowest BCUT2D eigenvalue weighted by Gasteiger charge is -2.13. The van der Waals surface area contributed by atoms with Crippen molar-refractivity contribution >= 4 is 0 Å². The second-order valence-electron chi connectivity index (χ2n) is 5.20. The molecule has 1 aromatic carbocycles. The van der Waals surface area contributed by atoms with E-state index >= 15 is 0 Å². The summed E-state index contributed by atoms with van der Waals surface area (Å²) >= 11 is 0. The Hall–Kier alpha value is -1.06. The van der Waals surface area contributed by atoms with Crippen LogP contribution in [0.15, 0.2) is 24.3 Å². The van der Waals surface area contributed by atoms with Crippen LogP contribution in [0.25, 0.3) is 0 Å². The first-order valence-electron chi connectivity index (χ1n) is 6.88. The van der Waals surface area contributed by atoms with Gasteiger partial charge in [-0.15, -0.1) is 0 Å². The molecule has 0 bridgehead atoms. The van der Waals surface area contributed by atoms with Gasteiger partial charge in [0.05, 0.1) is 12.7 Å². The van der Waals surface area contributed by atoms with Crippen molar-refractivity contribution in [3.63, 3.8) is 0 Å². The highest BCUT2D eigenvalue weighted by Gasteiger charge is 2.15. The van der Waals surface area contributed by atoms with Gasteiger partial charge in [-0.2, -0.15) is 0 Å². The van der Waals surface area contributed by atoms with E-state index in [1.807, 2.05) is 24.3 Å². The zero-order valence-electron chi connectivity index (χ0n) is 10.8. The number of ether oxygens (including phenoxy) is 1. The van der Waals surface area contributed by atoms with Crippen molar-refractivity contribution in [1.29, 1.82) is 0 Å². The minimum absolute atomic E-state index is 0.299. The van der Waals surface area contributed by atoms with E-state index in [1.54, 1.807) is 0 Å². The summed E-state index contributed by atoms with van der Waals surface area (Å²) in [5, 5.41) is 9.54. The fraction of sp³-hybridized carbons (Fsp3) is 0.600. The standard InChI is InChI=1S/C15H23NO2/c16-10-14(17)8-13-6-3-7-15(9-13)18-11-12-4-1-2-5-12/h3,6-7,9,12,14,17H,1-2,4-5,8,10-11,16H2/t14-/m0/s1. The van der Waals surface area contributed by atoms with Gasteiger partial charge in [-0.3, -0.25) is 0 Å². The molecule has 1 aliphatic rings. The summed E-state index contributed by atoms with van der Waals surface area (Å²) in [4.78, 5) is 0. The highest BCUT2D eigenvalue weighted by atomic mass is 16.5. The first kappa shape index (κ1) is 13.4. The lowest BCUT2D eigenvalue weighted by atomic mass is 10.1. The van der Waals surface area contributed by atoms with Gasteiger partial charge in [0.15, 0.2) is 0 Å². The molecule has 1 aliphatic carbocycles. The molecule has 1 aromatic rings. The summed E-state index contributed by atoms with van der Waals surface area (Å²) in [6.45, 7) is 1.12. The van der Waals surface area contributed by atoms with Gasteiger partial charge in [-0.05, 0) is 42.9 Å². The smallest absolute Gasteiger partial charge is 0.119 e. The lowest BCUT2D eigenvalue weighted by Crippen LogP contribution is -2.21. The highest BCUT2D eigenvalue weighted by molar-refractivity contribution is 5.29. The van der Waals surface area contributed by atoms with Gasteiger partial charge in [0.1, 0.15) is 5.75 Å². The van der Waals surface area contributed by atoms with E-state index in [9.17, 15) is 5.11 Å². The second kappa shape index (κ2) is 6.76. The van der Waals surface area contributed by atoms with E-state index < -0.39 is 6.10 Å². The largest absolute Gasteiger partial charge is 0.493 e. The molecule has 0 radical (unpaired) electrons. The molecule has 0 amide bonds. The van der Waals surface area contributed by atoms with Gasteiger partial charge in [0, 0.05) is 6.54 Å². The Kier molecular flexibility index (Phi) is 5.02. The van der Waals surface area contributed by atoms with Crippen molar-refractivity contribution in [3.05, 3.63) is 29.8 Å². The number of rotatable bonds is 6. The van der Waals surface area contributed by atoms with E-state index in [4.69, 9.17) is 10.5 Å². The number of aliphatic hydroxyl groups excluding tert-OH is 1. The molecule has 3 nitrogen and oxygen atoms in total. The first-order chi connectivity index (χ1) is 8.78. The van der Waals surface area contributed by atoms with Gasteiger partial charge in [0.25, 0.3) is 0 Å². The zero-order valence-corrected chi connectivity index (χ0v) is 10.8. The third-order valence-corrected chi connectivity index (χ3v) is 3.60. The van der Waals surface area contributed by atoms with Crippen LogP contribution in [0.1, 0.15) is 31.2 Å². The fourth-order valence-electron chi connectivity index (χ4n) is 2.51. The molecular weight excluding hydrogens is 226 g/mol. The third kappa shape index (κ3) is 4.00. The van der Waals surface area contributed by atoms with Crippen molar-refractivity contribution in [2.75, 3.05) is 13.2 Å². The van der Waals surface area contributed by atoms with E-state index in [1.165, 1.54) is 25.7 Å². The highest BCUT2D eigenvalue weighted by Crippen LogP contribution is 2.25. The van der Waals surface area contributed by atoms with Crippen LogP contribution in [-0.4, -0.2) is 24.4 Å². The number of aliphatic hydroxyl groups is 1. The second-order valence-corrected chi connectivity index (χ2v) is 5.20. The minimum atomic E-state index is -0.463. The molecule has 2 rings (SSSR count). The van der Waals surface area contributed by atoms with Gasteiger partial charge in [-0.25, -0.2) is 0 Å². The Bertz CT molecular complexity index is 361. The van der Waals surface area contributed by atoms with Crippen LogP contribution in [0, 0.1) is 5.92 Å². The maximum absolute atomic E-state index is 9.54. The van der Waals surface area contributed by atoms with Crippen LogP contribution in [0.3, 0.4) is 0 Å². The molecule has 0 spiro atoms. The monoisotopic (exact) mass is 249 g/mol. The Morgan fingerprint density at radius 2 is 2.11 bits per heavy atom. The number of hydrogen-bond donors (Lipinski definition) is 2. The van der Waals surface area contributed by atoms with Gasteiger partial charge >= 0.3 is 0 Å². The minimum Gasteiger partial charge on any atom is -0.493 e. The van der Waals surface area contributed by atoms with Crippen molar-refractivity contribution in [2.45, 2.75) is 38.2 Å². The predicted molar refractivity (Wildman–Crippen MR) is 72.7 cm³/mol. The average molecular weight is 249 g/mol. The summed E-state index contributed by atoms with van der Waals surface area (Å²) in [5.41, 5.74) is 6.50. The lowest BCUT2D eigenvalue weighted by molar-refractivity contribution is 0.183. The molecule has 3 N–H and O–H groups in total. The summed E-state index contributed by atoms with van der Waals surface area (Å²) in [6, 6.07) is 7.96. The molecule has 18 heavy (non-hydrogen) atoms. The first-order valence-corrected chi connectivity index (χ1v) is 6.88. The van der Waals surface area contributed by atoms with Gasteiger partial charge < -0.3 is 15.6 Å². The topological polar surface area (TPSA) is 55.5 Å². The van der Waals surface area contributed by atoms with Crippen LogP contribution in [-0.2, 0) is 6.42 Å². The molecule has 1 saturated carbocycles. The number of benzene rings is 1. The van der Waals surface area contributed by atoms with Crippen molar-refractivity contribution in [1.82, 2.24) is 0 Å². The van der Waals surface area contributed by atoms with E-state index in [-0.39, 0.29) is 0 Å². The summed E-state index contributed by atoms with van der Waals surface area (Å²) in [6.07, 6.45) is 5.41. The van der Waals surface area contributed by atoms with E-state index in [2.05, 4.69) is 0 Å². The molecule has 1 atom stereocenters. The zero-order chi connectivity index (χ0) is 12.8. The molecule has 3 heteroatoms. The quantitative estimate of drug-likeness (QED) is 0.812. The summed E-state index contributed by atoms with van der Waals surface area (Å²) in [7, 11) is 0. The predicted octanol–water partition coefficient (Wildman–Crippen LogP) is 2.12. The number of hydrogen-bond acceptors (Lipinski definition) is 3. The van der Waals surface area contributed by atoms with Gasteiger partial charge in [0.2, 0.25) is 0 Å². The average Bonchev–Trinajstić information content (AvgIpc) is 2.90. The molecule has 0 aliphatic heterocycles. The molecule has 1 fully saturated rings. The fourth-order valence-corrected chi connectivity index (χ4v) is 2.51. The molecular formula is C15H23NO2. The molecule has 0 heterocycles. The Labute approximate surface area is 109 Å². The van der Waals surface area contributed by atoms with Gasteiger partial charge in [-0.1, -0.05) is 25.0 Å². The number of nitrogens with two attached hydrogens (primary N) is 1. The van der Waals surface area contributed by atoms with Crippen LogP contribution >= 0.6 is 0 Å². The van der Waals surface area contributed by atoms with Crippen LogP contribution < -0.4 is 10.5 Å². The molecule has 0 aromatic heterocycles. The summed E-state index contributed by atoms with van der Waals surface area (Å²) < 4.78 is 5.83. The summed E-state index contributed by atoms with van der Waals surface area (Å²) in [5.74, 6) is 1.63. The van der Waals surface area contributed by atoms with Crippen LogP contribution in [0.2, 0.25) is 0 Å².